The van der Waals surface area contributed by atoms with Crippen LogP contribution >= 0.6 is 7.60 Å². The normalized spacial score (nSPS) is 13.3. The molecule has 0 saturated heterocycles. The average molecular weight is 400 g/mol. The van der Waals surface area contributed by atoms with Gasteiger partial charge in [-0.1, -0.05) is 42.5 Å². The molecule has 0 radical (unpaired) electrons. The van der Waals surface area contributed by atoms with Crippen molar-refractivity contribution in [2.45, 2.75) is 30.9 Å². The van der Waals surface area contributed by atoms with Crippen molar-refractivity contribution in [1.29, 1.82) is 0 Å². The summed E-state index contributed by atoms with van der Waals surface area (Å²) in [6, 6.07) is 16.8. The van der Waals surface area contributed by atoms with Gasteiger partial charge in [0, 0.05) is 0 Å². The summed E-state index contributed by atoms with van der Waals surface area (Å²) in [4.78, 5) is 16.1. The molecule has 26 heavy (non-hydrogen) atoms. The number of aryl methyl sites for hydroxylation is 1. The van der Waals surface area contributed by atoms with Crippen molar-refractivity contribution in [3.8, 4) is 5.75 Å². The average Bonchev–Trinajstić information content (AvgIpc) is 2.56. The van der Waals surface area contributed by atoms with Gasteiger partial charge in [-0.05, 0) is 42.5 Å². The van der Waals surface area contributed by atoms with E-state index in [1.807, 2.05) is 36.4 Å². The van der Waals surface area contributed by atoms with Crippen LogP contribution in [0.4, 0.5) is 0 Å². The zero-order chi connectivity index (χ0) is 19.2. The maximum Gasteiger partial charge on any atom is 0.346 e. The second-order valence-electron chi connectivity index (χ2n) is 5.87. The predicted molar refractivity (Wildman–Crippen MR) is 97.5 cm³/mol. The molecule has 142 valence electrons. The quantitative estimate of drug-likeness (QED) is 0.437. The Hall–Kier alpha value is -1.70. The summed E-state index contributed by atoms with van der Waals surface area (Å²) in [5, 5.41) is 0. The van der Waals surface area contributed by atoms with E-state index in [-0.39, 0.29) is 12.8 Å². The van der Waals surface area contributed by atoms with Gasteiger partial charge in [-0.15, -0.1) is 0 Å². The topological polar surface area (TPSA) is 121 Å². The van der Waals surface area contributed by atoms with E-state index < -0.39 is 22.7 Å². The third-order valence-electron chi connectivity index (χ3n) is 3.78. The molecule has 0 aliphatic heterocycles. The Labute approximate surface area is 152 Å². The van der Waals surface area contributed by atoms with Crippen molar-refractivity contribution in [3.05, 3.63) is 65.7 Å². The second-order valence-corrected chi connectivity index (χ2v) is 9.62. The molecule has 1 unspecified atom stereocenters. The van der Waals surface area contributed by atoms with E-state index in [9.17, 15) is 13.0 Å². The van der Waals surface area contributed by atoms with Crippen molar-refractivity contribution in [3.63, 3.8) is 0 Å². The zero-order valence-electron chi connectivity index (χ0n) is 13.9. The summed E-state index contributed by atoms with van der Waals surface area (Å²) in [5.74, 6) is 0.646. The molecule has 0 bridgehead atoms. The molecular weight excluding hydrogens is 379 g/mol. The minimum absolute atomic E-state index is 0.192. The standard InChI is InChI=1S/C17H21O7PS/c18-25(19,20)17(26(21,22)23)11-5-9-14-8-4-10-16(12-14)24-13-15-6-2-1-3-7-15/h1-4,6-8,10,12,17H,5,9,11,13H2,(H2,18,19,20)(H,21,22,23). The van der Waals surface area contributed by atoms with Gasteiger partial charge in [-0.25, -0.2) is 0 Å². The van der Waals surface area contributed by atoms with Crippen LogP contribution in [-0.4, -0.2) is 27.7 Å². The number of hydrogen-bond acceptors (Lipinski definition) is 4. The Bertz CT molecular complexity index is 862. The first-order chi connectivity index (χ1) is 12.2. The lowest BCUT2D eigenvalue weighted by atomic mass is 10.1. The number of ether oxygens (including phenoxy) is 1. The highest BCUT2D eigenvalue weighted by Gasteiger charge is 2.38. The molecule has 0 aromatic heterocycles. The summed E-state index contributed by atoms with van der Waals surface area (Å²) in [6.07, 6.45) is 0.254. The summed E-state index contributed by atoms with van der Waals surface area (Å²) in [5.41, 5.74) is 1.87. The van der Waals surface area contributed by atoms with Crippen molar-refractivity contribution in [2.75, 3.05) is 0 Å². The maximum atomic E-state index is 11.2. The van der Waals surface area contributed by atoms with E-state index in [1.54, 1.807) is 18.2 Å². The monoisotopic (exact) mass is 400 g/mol. The van der Waals surface area contributed by atoms with Crippen LogP contribution in [0.3, 0.4) is 0 Å². The number of hydrogen-bond donors (Lipinski definition) is 3. The third-order valence-corrected chi connectivity index (χ3v) is 7.34. The van der Waals surface area contributed by atoms with Gasteiger partial charge in [0.2, 0.25) is 0 Å². The number of benzene rings is 2. The van der Waals surface area contributed by atoms with E-state index in [4.69, 9.17) is 19.1 Å². The van der Waals surface area contributed by atoms with Crippen LogP contribution in [0.2, 0.25) is 0 Å². The molecule has 0 spiro atoms. The fraction of sp³-hybridized carbons (Fsp3) is 0.294. The fourth-order valence-electron chi connectivity index (χ4n) is 2.50. The highest BCUT2D eigenvalue weighted by atomic mass is 32.2. The van der Waals surface area contributed by atoms with E-state index in [1.165, 1.54) is 0 Å². The van der Waals surface area contributed by atoms with Gasteiger partial charge in [0.25, 0.3) is 10.1 Å². The lowest BCUT2D eigenvalue weighted by molar-refractivity contribution is 0.306. The maximum absolute atomic E-state index is 11.2. The van der Waals surface area contributed by atoms with Crippen molar-refractivity contribution in [1.82, 2.24) is 0 Å². The highest BCUT2D eigenvalue weighted by molar-refractivity contribution is 7.93. The Morgan fingerprint density at radius 1 is 1.00 bits per heavy atom. The van der Waals surface area contributed by atoms with Crippen LogP contribution in [0, 0.1) is 0 Å². The van der Waals surface area contributed by atoms with Gasteiger partial charge in [0.05, 0.1) is 0 Å². The molecule has 0 fully saturated rings. The van der Waals surface area contributed by atoms with Gasteiger partial charge in [0.1, 0.15) is 12.4 Å². The van der Waals surface area contributed by atoms with E-state index >= 15 is 0 Å². The molecule has 7 nitrogen and oxygen atoms in total. The van der Waals surface area contributed by atoms with Crippen LogP contribution in [0.1, 0.15) is 24.0 Å². The Morgan fingerprint density at radius 2 is 1.65 bits per heavy atom. The molecule has 9 heteroatoms. The molecule has 0 amide bonds. The smallest absolute Gasteiger partial charge is 0.346 e. The summed E-state index contributed by atoms with van der Waals surface area (Å²) in [6.45, 7) is 0.410. The molecule has 2 aromatic carbocycles. The molecule has 2 aromatic rings. The van der Waals surface area contributed by atoms with E-state index in [2.05, 4.69) is 0 Å². The van der Waals surface area contributed by atoms with Gasteiger partial charge in [-0.3, -0.25) is 9.12 Å². The molecule has 0 saturated carbocycles. The molecule has 0 heterocycles. The lowest BCUT2D eigenvalue weighted by Crippen LogP contribution is -2.20. The minimum atomic E-state index is -4.94. The summed E-state index contributed by atoms with van der Waals surface area (Å²) < 4.78 is 48.2. The van der Waals surface area contributed by atoms with Crippen LogP contribution in [0.25, 0.3) is 0 Å². The van der Waals surface area contributed by atoms with Crippen molar-refractivity contribution in [2.24, 2.45) is 0 Å². The summed E-state index contributed by atoms with van der Waals surface area (Å²) in [7, 11) is -9.75. The van der Waals surface area contributed by atoms with Gasteiger partial charge in [-0.2, -0.15) is 8.42 Å². The SMILES string of the molecule is O=P(O)(O)C(CCCc1cccc(OCc2ccccc2)c1)S(=O)(=O)O. The highest BCUT2D eigenvalue weighted by Crippen LogP contribution is 2.46. The second kappa shape index (κ2) is 8.79. The first-order valence-electron chi connectivity index (χ1n) is 7.93. The number of rotatable bonds is 9. The van der Waals surface area contributed by atoms with Crippen LogP contribution < -0.4 is 4.74 Å². The Kier molecular flexibility index (Phi) is 6.97. The first-order valence-corrected chi connectivity index (χ1v) is 11.1. The summed E-state index contributed by atoms with van der Waals surface area (Å²) >= 11 is 0. The lowest BCUT2D eigenvalue weighted by Gasteiger charge is -2.15. The first kappa shape index (κ1) is 20.6. The largest absolute Gasteiger partial charge is 0.489 e. The molecule has 3 N–H and O–H groups in total. The van der Waals surface area contributed by atoms with Crippen LogP contribution in [0.15, 0.2) is 54.6 Å². The molecule has 2 rings (SSSR count). The van der Waals surface area contributed by atoms with Crippen LogP contribution in [0.5, 0.6) is 5.75 Å². The van der Waals surface area contributed by atoms with Crippen LogP contribution in [-0.2, 0) is 27.7 Å². The molecule has 1 atom stereocenters. The van der Waals surface area contributed by atoms with Gasteiger partial charge in [0.15, 0.2) is 4.99 Å². The fourth-order valence-corrected chi connectivity index (χ4v) is 4.87. The Balaban J connectivity index is 1.93. The zero-order valence-corrected chi connectivity index (χ0v) is 15.6. The molecular formula is C17H21O7PS. The van der Waals surface area contributed by atoms with E-state index in [0.717, 1.165) is 11.1 Å². The Morgan fingerprint density at radius 3 is 2.27 bits per heavy atom. The predicted octanol–water partition coefficient (Wildman–Crippen LogP) is 2.98. The molecule has 0 aliphatic rings. The van der Waals surface area contributed by atoms with E-state index in [0.29, 0.717) is 18.8 Å². The van der Waals surface area contributed by atoms with Gasteiger partial charge >= 0.3 is 7.60 Å². The molecule has 0 aliphatic carbocycles. The van der Waals surface area contributed by atoms with Crippen molar-refractivity contribution >= 4 is 17.7 Å². The van der Waals surface area contributed by atoms with Gasteiger partial charge < -0.3 is 14.5 Å². The minimum Gasteiger partial charge on any atom is -0.489 e. The third kappa shape index (κ3) is 6.55. The van der Waals surface area contributed by atoms with Crippen molar-refractivity contribution < 1.29 is 32.1 Å².